The highest BCUT2D eigenvalue weighted by molar-refractivity contribution is 5.34. The number of allylic oxidation sites excluding steroid dienone is 5. The highest BCUT2D eigenvalue weighted by Gasteiger charge is 2.28. The van der Waals surface area contributed by atoms with Gasteiger partial charge in [0, 0.05) is 0 Å². The zero-order valence-electron chi connectivity index (χ0n) is 20.0. The van der Waals surface area contributed by atoms with Crippen LogP contribution in [0.4, 0.5) is 13.2 Å². The van der Waals surface area contributed by atoms with Crippen LogP contribution in [-0.2, 0) is 4.74 Å². The molecule has 0 atom stereocenters. The quantitative estimate of drug-likeness (QED) is 0.279. The Morgan fingerprint density at radius 3 is 1.97 bits per heavy atom. The van der Waals surface area contributed by atoms with Gasteiger partial charge in [0.05, 0.1) is 6.61 Å². The fourth-order valence-electron chi connectivity index (χ4n) is 5.20. The molecule has 0 bridgehead atoms. The van der Waals surface area contributed by atoms with Crippen molar-refractivity contribution in [2.75, 3.05) is 6.61 Å². The topological polar surface area (TPSA) is 9.23 Å². The average Bonchev–Trinajstić information content (AvgIpc) is 2.81. The average molecular weight is 459 g/mol. The normalized spacial score (nSPS) is 26.4. The smallest absolute Gasteiger partial charge is 0.165 e. The van der Waals surface area contributed by atoms with E-state index in [1.165, 1.54) is 6.08 Å². The summed E-state index contributed by atoms with van der Waals surface area (Å²) in [6.45, 7) is 11.8. The van der Waals surface area contributed by atoms with Crippen LogP contribution in [-0.4, -0.2) is 6.61 Å². The molecule has 2 saturated carbocycles. The Labute approximate surface area is 197 Å². The molecular weight excluding hydrogens is 421 g/mol. The number of benzene rings is 1. The summed E-state index contributed by atoms with van der Waals surface area (Å²) in [7, 11) is 0. The standard InChI is InChI=1S/C29H37F3O/c1-5-33-21(4)27(30)18-20(3)6-9-22-10-14-24(15-11-22)26-17-16-25(28(31)29(26)32)23-12-7-19(2)8-13-23/h6,9,16-19,22-24H,3-5,7-8,10-15H2,1-2H3/b9-6+,27-18+. The third-order valence-corrected chi connectivity index (χ3v) is 7.29. The first-order valence-electron chi connectivity index (χ1n) is 12.3. The second-order valence-electron chi connectivity index (χ2n) is 9.72. The van der Waals surface area contributed by atoms with E-state index in [0.717, 1.165) is 51.4 Å². The van der Waals surface area contributed by atoms with Crippen LogP contribution in [0.5, 0.6) is 0 Å². The fourth-order valence-corrected chi connectivity index (χ4v) is 5.20. The predicted octanol–water partition coefficient (Wildman–Crippen LogP) is 9.05. The number of ether oxygens (including phenoxy) is 1. The van der Waals surface area contributed by atoms with Gasteiger partial charge in [0.2, 0.25) is 0 Å². The molecule has 33 heavy (non-hydrogen) atoms. The van der Waals surface area contributed by atoms with E-state index in [-0.39, 0.29) is 17.6 Å². The molecule has 1 nitrogen and oxygen atoms in total. The summed E-state index contributed by atoms with van der Waals surface area (Å²) in [6.07, 6.45) is 12.6. The highest BCUT2D eigenvalue weighted by atomic mass is 19.2. The second-order valence-corrected chi connectivity index (χ2v) is 9.72. The first-order chi connectivity index (χ1) is 15.8. The Morgan fingerprint density at radius 1 is 0.939 bits per heavy atom. The SMILES string of the molecule is C=C(/C=C/C1CCC(c2ccc(C3CCC(C)CC3)c(F)c2F)CC1)/C=C(/F)C(=C)OCC. The minimum absolute atomic E-state index is 0.00545. The zero-order valence-corrected chi connectivity index (χ0v) is 20.0. The Balaban J connectivity index is 1.57. The molecule has 0 N–H and O–H groups in total. The molecule has 180 valence electrons. The van der Waals surface area contributed by atoms with Gasteiger partial charge >= 0.3 is 0 Å². The number of rotatable bonds is 8. The Morgan fingerprint density at radius 2 is 1.45 bits per heavy atom. The second kappa shape index (κ2) is 11.8. The number of hydrogen-bond donors (Lipinski definition) is 0. The van der Waals surface area contributed by atoms with Gasteiger partial charge in [-0.3, -0.25) is 0 Å². The van der Waals surface area contributed by atoms with E-state index in [1.54, 1.807) is 6.92 Å². The van der Waals surface area contributed by atoms with Gasteiger partial charge in [-0.15, -0.1) is 0 Å². The maximum absolute atomic E-state index is 15.0. The molecule has 2 aliphatic carbocycles. The molecule has 0 unspecified atom stereocenters. The first-order valence-corrected chi connectivity index (χ1v) is 12.3. The van der Waals surface area contributed by atoms with Gasteiger partial charge in [-0.05, 0) is 91.9 Å². The van der Waals surface area contributed by atoms with Gasteiger partial charge in [-0.2, -0.15) is 0 Å². The van der Waals surface area contributed by atoms with Crippen LogP contribution in [0, 0.1) is 23.5 Å². The molecule has 0 amide bonds. The summed E-state index contributed by atoms with van der Waals surface area (Å²) in [6, 6.07) is 3.66. The zero-order chi connectivity index (χ0) is 24.0. The largest absolute Gasteiger partial charge is 0.491 e. The summed E-state index contributed by atoms with van der Waals surface area (Å²) in [4.78, 5) is 0. The lowest BCUT2D eigenvalue weighted by Gasteiger charge is -2.29. The molecule has 0 spiro atoms. The van der Waals surface area contributed by atoms with Crippen LogP contribution in [0.1, 0.15) is 88.2 Å². The van der Waals surface area contributed by atoms with E-state index < -0.39 is 17.5 Å². The van der Waals surface area contributed by atoms with Crippen molar-refractivity contribution >= 4 is 0 Å². The fraction of sp³-hybridized carbons (Fsp3) is 0.517. The van der Waals surface area contributed by atoms with Gasteiger partial charge in [-0.25, -0.2) is 13.2 Å². The Bertz CT molecular complexity index is 898. The molecule has 3 rings (SSSR count). The lowest BCUT2D eigenvalue weighted by molar-refractivity contribution is 0.226. The molecule has 1 aromatic carbocycles. The number of halogens is 3. The van der Waals surface area contributed by atoms with Crippen molar-refractivity contribution in [1.29, 1.82) is 0 Å². The molecule has 0 heterocycles. The molecule has 2 aliphatic rings. The van der Waals surface area contributed by atoms with E-state index in [1.807, 2.05) is 24.3 Å². The summed E-state index contributed by atoms with van der Waals surface area (Å²) in [5.74, 6) is -0.616. The van der Waals surface area contributed by atoms with Gasteiger partial charge in [-0.1, -0.05) is 57.2 Å². The van der Waals surface area contributed by atoms with Crippen LogP contribution in [0.2, 0.25) is 0 Å². The molecule has 4 heteroatoms. The van der Waals surface area contributed by atoms with E-state index in [0.29, 0.717) is 35.1 Å². The third-order valence-electron chi connectivity index (χ3n) is 7.29. The summed E-state index contributed by atoms with van der Waals surface area (Å²) < 4.78 is 49.0. The van der Waals surface area contributed by atoms with Gasteiger partial charge in [0.25, 0.3) is 0 Å². The Kier molecular flexibility index (Phi) is 9.05. The van der Waals surface area contributed by atoms with Crippen molar-refractivity contribution < 1.29 is 17.9 Å². The summed E-state index contributed by atoms with van der Waals surface area (Å²) in [5.41, 5.74) is 1.62. The van der Waals surface area contributed by atoms with Crippen molar-refractivity contribution in [3.05, 3.63) is 83.4 Å². The van der Waals surface area contributed by atoms with E-state index in [2.05, 4.69) is 20.1 Å². The molecule has 1 aromatic rings. The predicted molar refractivity (Wildman–Crippen MR) is 130 cm³/mol. The van der Waals surface area contributed by atoms with Crippen LogP contribution < -0.4 is 0 Å². The summed E-state index contributed by atoms with van der Waals surface area (Å²) in [5, 5.41) is 0. The van der Waals surface area contributed by atoms with Crippen LogP contribution in [0.25, 0.3) is 0 Å². The third kappa shape index (κ3) is 6.65. The van der Waals surface area contributed by atoms with Crippen molar-refractivity contribution in [1.82, 2.24) is 0 Å². The monoisotopic (exact) mass is 458 g/mol. The van der Waals surface area contributed by atoms with Crippen molar-refractivity contribution in [2.24, 2.45) is 11.8 Å². The van der Waals surface area contributed by atoms with Crippen LogP contribution in [0.15, 0.2) is 60.7 Å². The molecule has 0 aliphatic heterocycles. The molecule has 0 aromatic heterocycles. The van der Waals surface area contributed by atoms with E-state index in [9.17, 15) is 8.78 Å². The minimum atomic E-state index is -0.645. The van der Waals surface area contributed by atoms with E-state index in [4.69, 9.17) is 4.74 Å². The van der Waals surface area contributed by atoms with Gasteiger partial charge < -0.3 is 4.74 Å². The van der Waals surface area contributed by atoms with Gasteiger partial charge in [0.15, 0.2) is 17.5 Å². The maximum atomic E-state index is 15.0. The van der Waals surface area contributed by atoms with E-state index >= 15 is 4.39 Å². The lowest BCUT2D eigenvalue weighted by Crippen LogP contribution is -2.16. The summed E-state index contributed by atoms with van der Waals surface area (Å²) >= 11 is 0. The maximum Gasteiger partial charge on any atom is 0.165 e. The first kappa shape index (κ1) is 25.4. The molecule has 2 fully saturated rings. The van der Waals surface area contributed by atoms with Crippen LogP contribution in [0.3, 0.4) is 0 Å². The highest BCUT2D eigenvalue weighted by Crippen LogP contribution is 2.41. The van der Waals surface area contributed by atoms with Crippen molar-refractivity contribution in [3.63, 3.8) is 0 Å². The molecule has 0 saturated heterocycles. The number of hydrogen-bond acceptors (Lipinski definition) is 1. The molecule has 0 radical (unpaired) electrons. The lowest BCUT2D eigenvalue weighted by atomic mass is 9.76. The van der Waals surface area contributed by atoms with Crippen LogP contribution >= 0.6 is 0 Å². The molecular formula is C29H37F3O. The Hall–Kier alpha value is -2.23. The van der Waals surface area contributed by atoms with Crippen molar-refractivity contribution in [3.8, 4) is 0 Å². The minimum Gasteiger partial charge on any atom is -0.491 e. The van der Waals surface area contributed by atoms with Gasteiger partial charge in [0.1, 0.15) is 5.76 Å². The van der Waals surface area contributed by atoms with Crippen molar-refractivity contribution in [2.45, 2.75) is 77.0 Å².